The van der Waals surface area contributed by atoms with Crippen molar-refractivity contribution in [3.63, 3.8) is 0 Å². The second kappa shape index (κ2) is 5.90. The van der Waals surface area contributed by atoms with Gasteiger partial charge >= 0.3 is 6.09 Å². The van der Waals surface area contributed by atoms with Crippen molar-refractivity contribution in [3.8, 4) is 0 Å². The van der Waals surface area contributed by atoms with Gasteiger partial charge in [0.2, 0.25) is 0 Å². The van der Waals surface area contributed by atoms with Crippen LogP contribution in [0.4, 0.5) is 4.79 Å². The van der Waals surface area contributed by atoms with Crippen molar-refractivity contribution in [2.45, 2.75) is 52.2 Å². The second-order valence-electron chi connectivity index (χ2n) is 7.39. The highest BCUT2D eigenvalue weighted by molar-refractivity contribution is 5.68. The number of likely N-dealkylation sites (tertiary alicyclic amines) is 1. The fourth-order valence-electron chi connectivity index (χ4n) is 2.48. The van der Waals surface area contributed by atoms with E-state index in [1.165, 1.54) is 0 Å². The summed E-state index contributed by atoms with van der Waals surface area (Å²) in [6.07, 6.45) is 1.86. The molecule has 0 aromatic carbocycles. The number of hydrogen-bond acceptors (Lipinski definition) is 4. The van der Waals surface area contributed by atoms with Crippen molar-refractivity contribution < 1.29 is 14.3 Å². The van der Waals surface area contributed by atoms with Crippen LogP contribution >= 0.6 is 0 Å². The monoisotopic (exact) mass is 284 g/mol. The van der Waals surface area contributed by atoms with Crippen molar-refractivity contribution >= 4 is 6.09 Å². The van der Waals surface area contributed by atoms with Gasteiger partial charge in [-0.05, 0) is 39.0 Å². The molecule has 116 valence electrons. The maximum Gasteiger partial charge on any atom is 0.410 e. The molecule has 1 N–H and O–H groups in total. The Labute approximate surface area is 122 Å². The zero-order chi connectivity index (χ0) is 14.8. The molecule has 5 nitrogen and oxygen atoms in total. The van der Waals surface area contributed by atoms with E-state index in [-0.39, 0.29) is 11.5 Å². The molecule has 20 heavy (non-hydrogen) atoms. The van der Waals surface area contributed by atoms with Gasteiger partial charge in [0, 0.05) is 19.6 Å². The van der Waals surface area contributed by atoms with Crippen LogP contribution in [0.3, 0.4) is 0 Å². The first-order valence-electron chi connectivity index (χ1n) is 7.57. The van der Waals surface area contributed by atoms with Crippen LogP contribution in [0.2, 0.25) is 0 Å². The van der Waals surface area contributed by atoms with E-state index in [0.717, 1.165) is 45.7 Å². The average Bonchev–Trinajstić information content (AvgIpc) is 2.25. The lowest BCUT2D eigenvalue weighted by molar-refractivity contribution is -0.0144. The molecule has 0 aromatic rings. The smallest absolute Gasteiger partial charge is 0.410 e. The van der Waals surface area contributed by atoms with Crippen LogP contribution in [0.15, 0.2) is 0 Å². The van der Waals surface area contributed by atoms with E-state index in [1.54, 1.807) is 0 Å². The van der Waals surface area contributed by atoms with Crippen molar-refractivity contribution in [1.82, 2.24) is 10.2 Å². The second-order valence-corrected chi connectivity index (χ2v) is 7.39. The fourth-order valence-corrected chi connectivity index (χ4v) is 2.48. The van der Waals surface area contributed by atoms with Gasteiger partial charge in [0.1, 0.15) is 5.60 Å². The average molecular weight is 284 g/mol. The van der Waals surface area contributed by atoms with E-state index < -0.39 is 5.60 Å². The largest absolute Gasteiger partial charge is 0.444 e. The molecule has 2 saturated heterocycles. The summed E-state index contributed by atoms with van der Waals surface area (Å²) >= 11 is 0. The quantitative estimate of drug-likeness (QED) is 0.861. The standard InChI is InChI=1S/C15H28N2O3/c1-14(2,3)20-13(18)17-7-5-15(4,6-8-17)11-16-12-9-19-10-12/h12,16H,5-11H2,1-4H3. The maximum atomic E-state index is 12.0. The van der Waals surface area contributed by atoms with Gasteiger partial charge in [-0.1, -0.05) is 6.92 Å². The number of carbonyl (C=O) groups is 1. The normalized spacial score (nSPS) is 23.3. The Morgan fingerprint density at radius 2 is 1.95 bits per heavy atom. The summed E-state index contributed by atoms with van der Waals surface area (Å²) in [5, 5.41) is 3.55. The predicted octanol–water partition coefficient (Wildman–Crippen LogP) is 2.01. The highest BCUT2D eigenvalue weighted by atomic mass is 16.6. The third-order valence-electron chi connectivity index (χ3n) is 4.08. The summed E-state index contributed by atoms with van der Waals surface area (Å²) in [7, 11) is 0. The molecule has 0 bridgehead atoms. The third kappa shape index (κ3) is 4.35. The molecule has 0 aliphatic carbocycles. The topological polar surface area (TPSA) is 50.8 Å². The van der Waals surface area contributed by atoms with Crippen LogP contribution in [-0.4, -0.2) is 55.5 Å². The zero-order valence-electron chi connectivity index (χ0n) is 13.2. The molecule has 0 atom stereocenters. The van der Waals surface area contributed by atoms with Crippen LogP contribution < -0.4 is 5.32 Å². The van der Waals surface area contributed by atoms with Gasteiger partial charge in [0.05, 0.1) is 19.3 Å². The lowest BCUT2D eigenvalue weighted by atomic mass is 9.80. The molecule has 0 aromatic heterocycles. The molecular formula is C15H28N2O3. The summed E-state index contributed by atoms with van der Waals surface area (Å²) < 4.78 is 10.6. The lowest BCUT2D eigenvalue weighted by Gasteiger charge is -2.41. The van der Waals surface area contributed by atoms with Gasteiger partial charge in [0.15, 0.2) is 0 Å². The Hall–Kier alpha value is -0.810. The molecule has 2 rings (SSSR count). The number of ether oxygens (including phenoxy) is 2. The number of nitrogens with one attached hydrogen (secondary N) is 1. The first-order chi connectivity index (χ1) is 9.27. The van der Waals surface area contributed by atoms with Gasteiger partial charge in [-0.3, -0.25) is 0 Å². The van der Waals surface area contributed by atoms with E-state index in [4.69, 9.17) is 9.47 Å². The summed E-state index contributed by atoms with van der Waals surface area (Å²) in [5.41, 5.74) is -0.141. The minimum absolute atomic E-state index is 0.181. The molecular weight excluding hydrogens is 256 g/mol. The van der Waals surface area contributed by atoms with Gasteiger partial charge in [-0.2, -0.15) is 0 Å². The number of carbonyl (C=O) groups excluding carboxylic acids is 1. The van der Waals surface area contributed by atoms with E-state index in [1.807, 2.05) is 25.7 Å². The van der Waals surface area contributed by atoms with E-state index in [9.17, 15) is 4.79 Å². The predicted molar refractivity (Wildman–Crippen MR) is 77.8 cm³/mol. The van der Waals surface area contributed by atoms with Crippen LogP contribution in [0.1, 0.15) is 40.5 Å². The molecule has 0 radical (unpaired) electrons. The van der Waals surface area contributed by atoms with Gasteiger partial charge < -0.3 is 19.7 Å². The molecule has 5 heteroatoms. The Bertz CT molecular complexity index is 340. The van der Waals surface area contributed by atoms with E-state index in [0.29, 0.717) is 6.04 Å². The molecule has 2 fully saturated rings. The van der Waals surface area contributed by atoms with E-state index in [2.05, 4.69) is 12.2 Å². The van der Waals surface area contributed by atoms with Crippen LogP contribution in [-0.2, 0) is 9.47 Å². The first kappa shape index (κ1) is 15.6. The third-order valence-corrected chi connectivity index (χ3v) is 4.08. The minimum atomic E-state index is -0.413. The van der Waals surface area contributed by atoms with Crippen molar-refractivity contribution in [1.29, 1.82) is 0 Å². The highest BCUT2D eigenvalue weighted by Crippen LogP contribution is 2.31. The van der Waals surface area contributed by atoms with Gasteiger partial charge in [0.25, 0.3) is 0 Å². The van der Waals surface area contributed by atoms with Crippen LogP contribution in [0, 0.1) is 5.41 Å². The van der Waals surface area contributed by atoms with Crippen molar-refractivity contribution in [3.05, 3.63) is 0 Å². The van der Waals surface area contributed by atoms with Crippen molar-refractivity contribution in [2.75, 3.05) is 32.8 Å². The van der Waals surface area contributed by atoms with Gasteiger partial charge in [-0.25, -0.2) is 4.79 Å². The number of amides is 1. The summed E-state index contributed by atoms with van der Waals surface area (Å²) in [6, 6.07) is 0.524. The highest BCUT2D eigenvalue weighted by Gasteiger charge is 2.34. The Kier molecular flexibility index (Phi) is 4.59. The van der Waals surface area contributed by atoms with Crippen LogP contribution in [0.25, 0.3) is 0 Å². The Morgan fingerprint density at radius 1 is 1.35 bits per heavy atom. The molecule has 0 spiro atoms. The fraction of sp³-hybridized carbons (Fsp3) is 0.933. The van der Waals surface area contributed by atoms with Crippen molar-refractivity contribution in [2.24, 2.45) is 5.41 Å². The maximum absolute atomic E-state index is 12.0. The Morgan fingerprint density at radius 3 is 2.40 bits per heavy atom. The minimum Gasteiger partial charge on any atom is -0.444 e. The molecule has 2 aliphatic rings. The summed E-state index contributed by atoms with van der Waals surface area (Å²) in [4.78, 5) is 13.9. The molecule has 1 amide bonds. The first-order valence-corrected chi connectivity index (χ1v) is 7.57. The number of rotatable bonds is 3. The van der Waals surface area contributed by atoms with Gasteiger partial charge in [-0.15, -0.1) is 0 Å². The lowest BCUT2D eigenvalue weighted by Crippen LogP contribution is -2.52. The van der Waals surface area contributed by atoms with E-state index >= 15 is 0 Å². The zero-order valence-corrected chi connectivity index (χ0v) is 13.2. The molecule has 2 aliphatic heterocycles. The number of nitrogens with zero attached hydrogens (tertiary/aromatic N) is 1. The summed E-state index contributed by atoms with van der Waals surface area (Å²) in [5.74, 6) is 0. The molecule has 0 saturated carbocycles. The number of piperidine rings is 1. The molecule has 0 unspecified atom stereocenters. The van der Waals surface area contributed by atoms with Crippen LogP contribution in [0.5, 0.6) is 0 Å². The summed E-state index contributed by atoms with van der Waals surface area (Å²) in [6.45, 7) is 12.3. The SMILES string of the molecule is CC1(CNC2COC2)CCN(C(=O)OC(C)(C)C)CC1. The Balaban J connectivity index is 1.74. The number of hydrogen-bond donors (Lipinski definition) is 1. The molecule has 2 heterocycles.